The minimum atomic E-state index is -0.869. The second-order valence-electron chi connectivity index (χ2n) is 5.23. The predicted molar refractivity (Wildman–Crippen MR) is 68.5 cm³/mol. The van der Waals surface area contributed by atoms with E-state index in [0.29, 0.717) is 6.54 Å². The lowest BCUT2D eigenvalue weighted by atomic mass is 10.2. The molecule has 0 fully saturated rings. The normalized spacial score (nSPS) is 11.4. The van der Waals surface area contributed by atoms with Gasteiger partial charge in [-0.05, 0) is 26.8 Å². The molecule has 5 heteroatoms. The minimum Gasteiger partial charge on any atom is -0.460 e. The van der Waals surface area contributed by atoms with E-state index >= 15 is 0 Å². The number of halogens is 2. The van der Waals surface area contributed by atoms with Crippen LogP contribution < -0.4 is 5.32 Å². The molecule has 0 saturated carbocycles. The Morgan fingerprint density at radius 3 is 2.63 bits per heavy atom. The molecule has 1 N–H and O–H groups in total. The van der Waals surface area contributed by atoms with Crippen LogP contribution in [0.25, 0.3) is 0 Å². The van der Waals surface area contributed by atoms with Gasteiger partial charge in [0, 0.05) is 18.7 Å². The largest absolute Gasteiger partial charge is 0.460 e. The highest BCUT2D eigenvalue weighted by molar-refractivity contribution is 5.70. The standard InChI is InChI=1S/C14H19F2NO2/c1-14(2,3)19-12(18)7-8-17-9-10-5-4-6-11(15)13(10)16/h4-6,17H,7-9H2,1-3H3. The summed E-state index contributed by atoms with van der Waals surface area (Å²) in [5, 5.41) is 2.88. The van der Waals surface area contributed by atoms with Gasteiger partial charge in [0.15, 0.2) is 11.6 Å². The Kier molecular flexibility index (Phi) is 5.42. The van der Waals surface area contributed by atoms with Gasteiger partial charge in [0.05, 0.1) is 6.42 Å². The zero-order chi connectivity index (χ0) is 14.5. The molecule has 0 radical (unpaired) electrons. The summed E-state index contributed by atoms with van der Waals surface area (Å²) in [6.45, 7) is 5.90. The molecule has 0 aromatic heterocycles. The molecule has 106 valence electrons. The van der Waals surface area contributed by atoms with Crippen LogP contribution in [0.1, 0.15) is 32.8 Å². The number of nitrogens with one attached hydrogen (secondary N) is 1. The third-order valence-corrected chi connectivity index (χ3v) is 2.27. The number of ether oxygens (including phenoxy) is 1. The number of benzene rings is 1. The molecule has 0 atom stereocenters. The van der Waals surface area contributed by atoms with Crippen LogP contribution in [0.4, 0.5) is 8.78 Å². The smallest absolute Gasteiger partial charge is 0.307 e. The lowest BCUT2D eigenvalue weighted by Gasteiger charge is -2.19. The summed E-state index contributed by atoms with van der Waals surface area (Å²) in [6.07, 6.45) is 0.189. The van der Waals surface area contributed by atoms with Crippen molar-refractivity contribution >= 4 is 5.97 Å². The third kappa shape index (κ3) is 5.79. The van der Waals surface area contributed by atoms with Crippen LogP contribution in [0.5, 0.6) is 0 Å². The Labute approximate surface area is 112 Å². The summed E-state index contributed by atoms with van der Waals surface area (Å²) in [4.78, 5) is 11.4. The van der Waals surface area contributed by atoms with Gasteiger partial charge in [0.2, 0.25) is 0 Å². The monoisotopic (exact) mass is 271 g/mol. The first-order valence-electron chi connectivity index (χ1n) is 6.15. The molecule has 0 amide bonds. The van der Waals surface area contributed by atoms with E-state index in [1.165, 1.54) is 12.1 Å². The zero-order valence-electron chi connectivity index (χ0n) is 11.4. The van der Waals surface area contributed by atoms with Crippen molar-refractivity contribution in [2.24, 2.45) is 0 Å². The summed E-state index contributed by atoms with van der Waals surface area (Å²) < 4.78 is 31.3. The van der Waals surface area contributed by atoms with E-state index < -0.39 is 17.2 Å². The van der Waals surface area contributed by atoms with Gasteiger partial charge in [-0.15, -0.1) is 0 Å². The van der Waals surface area contributed by atoms with E-state index in [0.717, 1.165) is 6.07 Å². The van der Waals surface area contributed by atoms with E-state index in [4.69, 9.17) is 4.74 Å². The molecular weight excluding hydrogens is 252 g/mol. The first kappa shape index (κ1) is 15.6. The molecule has 0 aliphatic carbocycles. The Bertz CT molecular complexity index is 442. The van der Waals surface area contributed by atoms with Crippen LogP contribution in [0, 0.1) is 11.6 Å². The van der Waals surface area contributed by atoms with Crippen LogP contribution in [-0.4, -0.2) is 18.1 Å². The minimum absolute atomic E-state index is 0.173. The van der Waals surface area contributed by atoms with Crippen molar-refractivity contribution in [1.29, 1.82) is 0 Å². The van der Waals surface area contributed by atoms with Crippen LogP contribution in [0.2, 0.25) is 0 Å². The van der Waals surface area contributed by atoms with Crippen LogP contribution in [0.3, 0.4) is 0 Å². The summed E-state index contributed by atoms with van der Waals surface area (Å²) in [6, 6.07) is 4.02. The molecule has 3 nitrogen and oxygen atoms in total. The van der Waals surface area contributed by atoms with Crippen molar-refractivity contribution < 1.29 is 18.3 Å². The summed E-state index contributed by atoms with van der Waals surface area (Å²) in [5.74, 6) is -2.04. The molecule has 0 aliphatic heterocycles. The zero-order valence-corrected chi connectivity index (χ0v) is 11.4. The lowest BCUT2D eigenvalue weighted by Crippen LogP contribution is -2.26. The molecule has 0 spiro atoms. The SMILES string of the molecule is CC(C)(C)OC(=O)CCNCc1cccc(F)c1F. The second kappa shape index (κ2) is 6.61. The molecule has 0 unspecified atom stereocenters. The van der Waals surface area contributed by atoms with Crippen molar-refractivity contribution in [3.8, 4) is 0 Å². The highest BCUT2D eigenvalue weighted by atomic mass is 19.2. The first-order valence-corrected chi connectivity index (χ1v) is 6.15. The Morgan fingerprint density at radius 2 is 2.00 bits per heavy atom. The van der Waals surface area contributed by atoms with Crippen LogP contribution in [-0.2, 0) is 16.1 Å². The van der Waals surface area contributed by atoms with Gasteiger partial charge >= 0.3 is 5.97 Å². The van der Waals surface area contributed by atoms with Crippen molar-refractivity contribution in [2.45, 2.75) is 39.3 Å². The van der Waals surface area contributed by atoms with E-state index in [9.17, 15) is 13.6 Å². The first-order chi connectivity index (χ1) is 8.79. The summed E-state index contributed by atoms with van der Waals surface area (Å²) in [5.41, 5.74) is -0.268. The fraction of sp³-hybridized carbons (Fsp3) is 0.500. The predicted octanol–water partition coefficient (Wildman–Crippen LogP) is 2.79. The van der Waals surface area contributed by atoms with E-state index in [1.807, 2.05) is 0 Å². The maximum absolute atomic E-state index is 13.3. The van der Waals surface area contributed by atoms with Gasteiger partial charge in [-0.1, -0.05) is 12.1 Å². The Hall–Kier alpha value is -1.49. The highest BCUT2D eigenvalue weighted by Gasteiger charge is 2.15. The van der Waals surface area contributed by atoms with Crippen LogP contribution in [0.15, 0.2) is 18.2 Å². The quantitative estimate of drug-likeness (QED) is 0.661. The van der Waals surface area contributed by atoms with Crippen molar-refractivity contribution in [3.05, 3.63) is 35.4 Å². The molecule has 0 heterocycles. The van der Waals surface area contributed by atoms with E-state index in [2.05, 4.69) is 5.32 Å². The summed E-state index contributed by atoms with van der Waals surface area (Å²) >= 11 is 0. The second-order valence-corrected chi connectivity index (χ2v) is 5.23. The van der Waals surface area contributed by atoms with Gasteiger partial charge in [0.25, 0.3) is 0 Å². The fourth-order valence-electron chi connectivity index (χ4n) is 1.49. The number of hydrogen-bond donors (Lipinski definition) is 1. The molecule has 1 rings (SSSR count). The van der Waals surface area contributed by atoms with Gasteiger partial charge in [-0.2, -0.15) is 0 Å². The number of carbonyl (C=O) groups excluding carboxylic acids is 1. The van der Waals surface area contributed by atoms with Gasteiger partial charge < -0.3 is 10.1 Å². The highest BCUT2D eigenvalue weighted by Crippen LogP contribution is 2.11. The van der Waals surface area contributed by atoms with Gasteiger partial charge in [0.1, 0.15) is 5.60 Å². The molecule has 19 heavy (non-hydrogen) atoms. The van der Waals surface area contributed by atoms with Gasteiger partial charge in [-0.25, -0.2) is 8.78 Å². The maximum atomic E-state index is 13.3. The molecule has 1 aromatic carbocycles. The number of hydrogen-bond acceptors (Lipinski definition) is 3. The average Bonchev–Trinajstić information content (AvgIpc) is 2.27. The van der Waals surface area contributed by atoms with E-state index in [1.54, 1.807) is 20.8 Å². The molecule has 0 saturated heterocycles. The van der Waals surface area contributed by atoms with Crippen LogP contribution >= 0.6 is 0 Å². The van der Waals surface area contributed by atoms with E-state index in [-0.39, 0.29) is 24.5 Å². The van der Waals surface area contributed by atoms with Crippen molar-refractivity contribution in [3.63, 3.8) is 0 Å². The maximum Gasteiger partial charge on any atom is 0.307 e. The third-order valence-electron chi connectivity index (χ3n) is 2.27. The Balaban J connectivity index is 2.32. The fourth-order valence-corrected chi connectivity index (χ4v) is 1.49. The number of carbonyl (C=O) groups is 1. The number of rotatable bonds is 5. The van der Waals surface area contributed by atoms with Crippen molar-refractivity contribution in [2.75, 3.05) is 6.54 Å². The van der Waals surface area contributed by atoms with Gasteiger partial charge in [-0.3, -0.25) is 4.79 Å². The van der Waals surface area contributed by atoms with Crippen molar-refractivity contribution in [1.82, 2.24) is 5.32 Å². The average molecular weight is 271 g/mol. The molecule has 1 aromatic rings. The molecular formula is C14H19F2NO2. The lowest BCUT2D eigenvalue weighted by molar-refractivity contribution is -0.154. The Morgan fingerprint density at radius 1 is 1.32 bits per heavy atom. The summed E-state index contributed by atoms with van der Waals surface area (Å²) in [7, 11) is 0. The topological polar surface area (TPSA) is 38.3 Å². The molecule has 0 aliphatic rings. The molecule has 0 bridgehead atoms. The number of esters is 1.